The summed E-state index contributed by atoms with van der Waals surface area (Å²) < 4.78 is 18.8. The maximum absolute atomic E-state index is 12.3. The average molecular weight is 558 g/mol. The second kappa shape index (κ2) is 12.3. The van der Waals surface area contributed by atoms with E-state index in [9.17, 15) is 9.59 Å². The van der Waals surface area contributed by atoms with Crippen molar-refractivity contribution in [3.05, 3.63) is 79.1 Å². The van der Waals surface area contributed by atoms with Crippen LogP contribution >= 0.6 is 0 Å². The van der Waals surface area contributed by atoms with E-state index in [-0.39, 0.29) is 6.09 Å². The molecule has 0 spiro atoms. The number of rotatable bonds is 7. The number of imidazole rings is 1. The zero-order valence-corrected chi connectivity index (χ0v) is 23.6. The predicted molar refractivity (Wildman–Crippen MR) is 157 cm³/mol. The molecule has 0 saturated carbocycles. The summed E-state index contributed by atoms with van der Waals surface area (Å²) in [6.45, 7) is 9.82. The third-order valence-electron chi connectivity index (χ3n) is 6.56. The monoisotopic (exact) mass is 557 g/mol. The summed E-state index contributed by atoms with van der Waals surface area (Å²) in [4.78, 5) is 33.0. The van der Waals surface area contributed by atoms with Crippen molar-refractivity contribution in [2.45, 2.75) is 26.4 Å². The number of aromatic nitrogens is 2. The molecule has 4 aromatic rings. The van der Waals surface area contributed by atoms with Gasteiger partial charge in [0.25, 0.3) is 0 Å². The van der Waals surface area contributed by atoms with Crippen LogP contribution in [0.25, 0.3) is 16.7 Å². The van der Waals surface area contributed by atoms with E-state index in [0.717, 1.165) is 42.1 Å². The molecule has 1 N–H and O–H groups in total. The Morgan fingerprint density at radius 3 is 2.34 bits per heavy atom. The van der Waals surface area contributed by atoms with Gasteiger partial charge in [0.15, 0.2) is 0 Å². The molecule has 1 saturated heterocycles. The molecule has 3 aromatic carbocycles. The van der Waals surface area contributed by atoms with E-state index in [2.05, 4.69) is 15.2 Å². The van der Waals surface area contributed by atoms with E-state index in [1.54, 1.807) is 35.5 Å². The van der Waals surface area contributed by atoms with Crippen molar-refractivity contribution < 1.29 is 23.8 Å². The topological polar surface area (TPSA) is 98.2 Å². The minimum Gasteiger partial charge on any atom is -0.492 e. The quantitative estimate of drug-likeness (QED) is 0.317. The molecule has 10 nitrogen and oxygen atoms in total. The minimum absolute atomic E-state index is 0.253. The average Bonchev–Trinajstić information content (AvgIpc) is 3.37. The number of hydrogen-bond donors (Lipinski definition) is 1. The highest BCUT2D eigenvalue weighted by Crippen LogP contribution is 2.24. The first-order valence-electron chi connectivity index (χ1n) is 13.7. The molecule has 0 bridgehead atoms. The van der Waals surface area contributed by atoms with Crippen LogP contribution in [0.5, 0.6) is 11.5 Å². The molecule has 1 aliphatic rings. The van der Waals surface area contributed by atoms with E-state index in [0.29, 0.717) is 31.1 Å². The van der Waals surface area contributed by atoms with Gasteiger partial charge in [0, 0.05) is 50.2 Å². The molecule has 1 fully saturated rings. The number of benzene rings is 3. The fourth-order valence-electron chi connectivity index (χ4n) is 4.51. The Labute approximate surface area is 239 Å². The van der Waals surface area contributed by atoms with Crippen LogP contribution in [0.4, 0.5) is 15.3 Å². The van der Waals surface area contributed by atoms with Gasteiger partial charge in [0.2, 0.25) is 0 Å². The summed E-state index contributed by atoms with van der Waals surface area (Å²) in [5, 5.41) is 2.74. The summed E-state index contributed by atoms with van der Waals surface area (Å²) in [5.41, 5.74) is 2.82. The van der Waals surface area contributed by atoms with Gasteiger partial charge in [-0.3, -0.25) is 14.8 Å². The van der Waals surface area contributed by atoms with Crippen molar-refractivity contribution in [3.63, 3.8) is 0 Å². The number of fused-ring (bicyclic) bond motifs is 1. The first-order valence-corrected chi connectivity index (χ1v) is 13.7. The molecule has 0 atom stereocenters. The van der Waals surface area contributed by atoms with Gasteiger partial charge in [0.05, 0.1) is 11.0 Å². The lowest BCUT2D eigenvalue weighted by molar-refractivity contribution is 0.0137. The Morgan fingerprint density at radius 2 is 1.63 bits per heavy atom. The molecule has 214 valence electrons. The zero-order valence-electron chi connectivity index (χ0n) is 23.6. The molecule has 0 unspecified atom stereocenters. The van der Waals surface area contributed by atoms with Crippen molar-refractivity contribution in [1.82, 2.24) is 19.4 Å². The van der Waals surface area contributed by atoms with Crippen molar-refractivity contribution in [2.24, 2.45) is 0 Å². The number of carbonyl (C=O) groups is 2. The summed E-state index contributed by atoms with van der Waals surface area (Å²) in [5.74, 6) is 1.24. The van der Waals surface area contributed by atoms with Crippen LogP contribution in [0.15, 0.2) is 79.1 Å². The van der Waals surface area contributed by atoms with Gasteiger partial charge in [-0.1, -0.05) is 18.2 Å². The molecule has 0 aliphatic carbocycles. The van der Waals surface area contributed by atoms with E-state index >= 15 is 0 Å². The van der Waals surface area contributed by atoms with Crippen molar-refractivity contribution in [2.75, 3.05) is 44.6 Å². The van der Waals surface area contributed by atoms with Crippen LogP contribution < -0.4 is 14.8 Å². The van der Waals surface area contributed by atoms with E-state index in [1.165, 1.54) is 0 Å². The van der Waals surface area contributed by atoms with Crippen molar-refractivity contribution in [3.8, 4) is 17.2 Å². The molecule has 1 aromatic heterocycles. The largest absolute Gasteiger partial charge is 0.492 e. The summed E-state index contributed by atoms with van der Waals surface area (Å²) >= 11 is 0. The van der Waals surface area contributed by atoms with Gasteiger partial charge in [0.1, 0.15) is 30.0 Å². The standard InChI is InChI=1S/C31H35N5O5/c1-31(2,3)41-30(38)35-17-15-34(16-18-35)19-20-39-26-13-14-28-27(21-26)32-22-36(28)24-11-9-23(10-12-24)33-29(37)40-25-7-5-4-6-8-25/h4-14,21-22H,15-20H2,1-3H3,(H,33,37). The highest BCUT2D eigenvalue weighted by Gasteiger charge is 2.25. The van der Waals surface area contributed by atoms with Crippen LogP contribution in [0, 0.1) is 0 Å². The SMILES string of the molecule is CC(C)(C)OC(=O)N1CCN(CCOc2ccc3c(c2)ncn3-c2ccc(NC(=O)Oc3ccccc3)cc2)CC1. The lowest BCUT2D eigenvalue weighted by Crippen LogP contribution is -2.50. The lowest BCUT2D eigenvalue weighted by atomic mass is 10.2. The number of amides is 2. The van der Waals surface area contributed by atoms with Gasteiger partial charge >= 0.3 is 12.2 Å². The van der Waals surface area contributed by atoms with Crippen molar-refractivity contribution in [1.29, 1.82) is 0 Å². The Bertz CT molecular complexity index is 1470. The molecule has 2 heterocycles. The maximum atomic E-state index is 12.3. The molecule has 5 rings (SSSR count). The number of hydrogen-bond acceptors (Lipinski definition) is 7. The highest BCUT2D eigenvalue weighted by atomic mass is 16.6. The molecule has 2 amide bonds. The maximum Gasteiger partial charge on any atom is 0.417 e. The third kappa shape index (κ3) is 7.55. The second-order valence-corrected chi connectivity index (χ2v) is 10.8. The summed E-state index contributed by atoms with van der Waals surface area (Å²) in [6.07, 6.45) is 0.968. The molecule has 0 radical (unpaired) electrons. The third-order valence-corrected chi connectivity index (χ3v) is 6.56. The normalized spacial score (nSPS) is 14.1. The predicted octanol–water partition coefficient (Wildman–Crippen LogP) is 5.57. The van der Waals surface area contributed by atoms with Crippen LogP contribution in [-0.4, -0.2) is 76.5 Å². The van der Waals surface area contributed by atoms with Gasteiger partial charge < -0.3 is 19.1 Å². The number of nitrogens with zero attached hydrogens (tertiary/aromatic N) is 4. The number of carbonyl (C=O) groups excluding carboxylic acids is 2. The molecular formula is C31H35N5O5. The number of piperazine rings is 1. The van der Waals surface area contributed by atoms with Gasteiger partial charge in [-0.15, -0.1) is 0 Å². The first-order chi connectivity index (χ1) is 19.7. The Hall–Kier alpha value is -4.57. The Balaban J connectivity index is 1.11. The molecule has 41 heavy (non-hydrogen) atoms. The van der Waals surface area contributed by atoms with Gasteiger partial charge in [-0.2, -0.15) is 0 Å². The lowest BCUT2D eigenvalue weighted by Gasteiger charge is -2.35. The minimum atomic E-state index is -0.549. The van der Waals surface area contributed by atoms with Gasteiger partial charge in [-0.25, -0.2) is 14.6 Å². The van der Waals surface area contributed by atoms with E-state index < -0.39 is 11.7 Å². The highest BCUT2D eigenvalue weighted by molar-refractivity contribution is 5.86. The van der Waals surface area contributed by atoms with Crippen molar-refractivity contribution >= 4 is 28.9 Å². The summed E-state index contributed by atoms with van der Waals surface area (Å²) in [7, 11) is 0. The number of nitrogens with one attached hydrogen (secondary N) is 1. The molecular weight excluding hydrogens is 522 g/mol. The number of ether oxygens (including phenoxy) is 3. The Kier molecular flexibility index (Phi) is 8.39. The van der Waals surface area contributed by atoms with Crippen LogP contribution in [0.2, 0.25) is 0 Å². The smallest absolute Gasteiger partial charge is 0.417 e. The Morgan fingerprint density at radius 1 is 0.902 bits per heavy atom. The van der Waals surface area contributed by atoms with E-state index in [4.69, 9.17) is 14.2 Å². The zero-order chi connectivity index (χ0) is 28.8. The van der Waals surface area contributed by atoms with Crippen LogP contribution in [0.1, 0.15) is 20.8 Å². The van der Waals surface area contributed by atoms with Crippen LogP contribution in [-0.2, 0) is 4.74 Å². The number of anilines is 1. The second-order valence-electron chi connectivity index (χ2n) is 10.8. The van der Waals surface area contributed by atoms with Gasteiger partial charge in [-0.05, 0) is 69.3 Å². The fraction of sp³-hybridized carbons (Fsp3) is 0.323. The van der Waals surface area contributed by atoms with E-state index in [1.807, 2.05) is 73.9 Å². The summed E-state index contributed by atoms with van der Waals surface area (Å²) in [6, 6.07) is 22.2. The fourth-order valence-corrected chi connectivity index (χ4v) is 4.51. The molecule has 10 heteroatoms. The number of para-hydroxylation sites is 1. The first kappa shape index (κ1) is 28.0. The van der Waals surface area contributed by atoms with Crippen LogP contribution in [0.3, 0.4) is 0 Å². The molecule has 1 aliphatic heterocycles.